The Balaban J connectivity index is 0.000000208. The van der Waals surface area contributed by atoms with Gasteiger partial charge in [0.2, 0.25) is 0 Å². The van der Waals surface area contributed by atoms with Crippen LogP contribution in [0.15, 0.2) is 59.5 Å². The van der Waals surface area contributed by atoms with E-state index in [0.717, 1.165) is 31.2 Å². The van der Waals surface area contributed by atoms with Crippen molar-refractivity contribution in [2.24, 2.45) is 5.73 Å². The van der Waals surface area contributed by atoms with Crippen LogP contribution in [0.25, 0.3) is 0 Å². The summed E-state index contributed by atoms with van der Waals surface area (Å²) in [4.78, 5) is 11.8. The van der Waals surface area contributed by atoms with Crippen LogP contribution < -0.4 is 5.73 Å². The molecule has 2 aromatic carbocycles. The minimum Gasteiger partial charge on any atom is -0.459 e. The van der Waals surface area contributed by atoms with Crippen LogP contribution in [0.2, 0.25) is 0 Å². The molecule has 1 saturated carbocycles. The topological polar surface area (TPSA) is 107 Å². The van der Waals surface area contributed by atoms with Crippen LogP contribution in [0.3, 0.4) is 0 Å². The molecule has 0 bridgehead atoms. The van der Waals surface area contributed by atoms with E-state index in [-0.39, 0.29) is 10.9 Å². The molecule has 6 nitrogen and oxygen atoms in total. The molecule has 1 aliphatic rings. The van der Waals surface area contributed by atoms with Gasteiger partial charge in [-0.1, -0.05) is 61.4 Å². The van der Waals surface area contributed by atoms with Crippen LogP contribution in [0.5, 0.6) is 0 Å². The zero-order chi connectivity index (χ0) is 19.9. The number of hydrogen-bond donors (Lipinski definition) is 2. The van der Waals surface area contributed by atoms with Gasteiger partial charge in [0.1, 0.15) is 12.1 Å². The molecule has 0 atom stereocenters. The van der Waals surface area contributed by atoms with Gasteiger partial charge in [0, 0.05) is 0 Å². The molecule has 3 N–H and O–H groups in total. The summed E-state index contributed by atoms with van der Waals surface area (Å²) in [7, 11) is -4.03. The average molecular weight is 391 g/mol. The summed E-state index contributed by atoms with van der Waals surface area (Å²) in [6.45, 7) is 1.95. The van der Waals surface area contributed by atoms with E-state index in [1.54, 1.807) is 25.1 Å². The first-order chi connectivity index (χ1) is 12.7. The number of rotatable bonds is 4. The molecule has 7 heteroatoms. The maximum absolute atomic E-state index is 11.8. The Labute approximate surface area is 160 Å². The number of carbonyl (C=O) groups excluding carboxylic acids is 1. The molecule has 1 aliphatic carbocycles. The zero-order valence-electron chi connectivity index (χ0n) is 15.3. The van der Waals surface area contributed by atoms with Gasteiger partial charge in [0.05, 0.1) is 4.90 Å². The number of aryl methyl sites for hydroxylation is 1. The molecule has 0 spiro atoms. The van der Waals surface area contributed by atoms with Crippen LogP contribution in [0.1, 0.15) is 36.8 Å². The molecule has 0 aromatic heterocycles. The normalized spacial score (nSPS) is 15.5. The second-order valence-electron chi connectivity index (χ2n) is 6.67. The second kappa shape index (κ2) is 9.12. The number of ether oxygens (including phenoxy) is 1. The summed E-state index contributed by atoms with van der Waals surface area (Å²) in [5.74, 6) is -0.256. The number of nitrogens with two attached hydrogens (primary N) is 1. The Morgan fingerprint density at radius 1 is 1.07 bits per heavy atom. The van der Waals surface area contributed by atoms with Crippen LogP contribution in [0, 0.1) is 6.92 Å². The van der Waals surface area contributed by atoms with Crippen molar-refractivity contribution in [2.75, 3.05) is 0 Å². The molecular formula is C20H25NO5S. The second-order valence-corrected chi connectivity index (χ2v) is 8.06. The van der Waals surface area contributed by atoms with Gasteiger partial charge < -0.3 is 10.5 Å². The van der Waals surface area contributed by atoms with Gasteiger partial charge in [-0.15, -0.1) is 0 Å². The van der Waals surface area contributed by atoms with Gasteiger partial charge in [-0.05, 0) is 37.0 Å². The smallest absolute Gasteiger partial charge is 0.326 e. The van der Waals surface area contributed by atoms with Gasteiger partial charge in [0.25, 0.3) is 10.1 Å². The molecule has 1 fully saturated rings. The SMILES string of the molecule is Cc1ccccc1S(=O)(=O)O.NC1(C(=O)OCc2ccccc2)CCCC1. The number of esters is 1. The molecular weight excluding hydrogens is 366 g/mol. The van der Waals surface area contributed by atoms with Gasteiger partial charge >= 0.3 is 5.97 Å². The van der Waals surface area contributed by atoms with Crippen molar-refractivity contribution in [3.63, 3.8) is 0 Å². The van der Waals surface area contributed by atoms with E-state index in [0.29, 0.717) is 12.2 Å². The van der Waals surface area contributed by atoms with E-state index in [9.17, 15) is 13.2 Å². The molecule has 3 rings (SSSR count). The first-order valence-corrected chi connectivity index (χ1v) is 10.2. The first kappa shape index (κ1) is 21.1. The minimum atomic E-state index is -4.03. The van der Waals surface area contributed by atoms with Crippen molar-refractivity contribution in [1.29, 1.82) is 0 Å². The van der Waals surface area contributed by atoms with Crippen LogP contribution in [-0.2, 0) is 26.3 Å². The lowest BCUT2D eigenvalue weighted by Crippen LogP contribution is -2.46. The van der Waals surface area contributed by atoms with E-state index >= 15 is 0 Å². The molecule has 0 amide bonds. The van der Waals surface area contributed by atoms with Crippen molar-refractivity contribution >= 4 is 16.1 Å². The summed E-state index contributed by atoms with van der Waals surface area (Å²) in [5, 5.41) is 0. The third kappa shape index (κ3) is 6.16. The fraction of sp³-hybridized carbons (Fsp3) is 0.350. The predicted molar refractivity (Wildman–Crippen MR) is 103 cm³/mol. The van der Waals surface area contributed by atoms with E-state index < -0.39 is 15.7 Å². The summed E-state index contributed by atoms with van der Waals surface area (Å²) in [6.07, 6.45) is 3.55. The van der Waals surface area contributed by atoms with E-state index in [2.05, 4.69) is 0 Å². The van der Waals surface area contributed by atoms with Gasteiger partial charge in [-0.2, -0.15) is 8.42 Å². The molecule has 0 heterocycles. The lowest BCUT2D eigenvalue weighted by atomic mass is 10.00. The molecule has 0 radical (unpaired) electrons. The number of carbonyl (C=O) groups is 1. The monoisotopic (exact) mass is 391 g/mol. The third-order valence-corrected chi connectivity index (χ3v) is 5.50. The number of hydrogen-bond acceptors (Lipinski definition) is 5. The standard InChI is InChI=1S/C13H17NO2.C7H8O3S/c14-13(8-4-5-9-13)12(15)16-10-11-6-2-1-3-7-11;1-6-4-2-3-5-7(6)11(8,9)10/h1-3,6-7H,4-5,8-10,14H2;2-5H,1H3,(H,8,9,10). The average Bonchev–Trinajstić information content (AvgIpc) is 3.08. The molecule has 27 heavy (non-hydrogen) atoms. The molecule has 2 aromatic rings. The Hall–Kier alpha value is -2.22. The van der Waals surface area contributed by atoms with Crippen LogP contribution in [0.4, 0.5) is 0 Å². The van der Waals surface area contributed by atoms with E-state index in [1.807, 2.05) is 30.3 Å². The highest BCUT2D eigenvalue weighted by Crippen LogP contribution is 2.28. The van der Waals surface area contributed by atoms with E-state index in [4.69, 9.17) is 15.0 Å². The maximum Gasteiger partial charge on any atom is 0.326 e. The van der Waals surface area contributed by atoms with Gasteiger partial charge in [-0.25, -0.2) is 0 Å². The van der Waals surface area contributed by atoms with Crippen LogP contribution in [-0.4, -0.2) is 24.5 Å². The Bertz CT molecular complexity index is 859. The molecule has 0 saturated heterocycles. The summed E-state index contributed by atoms with van der Waals surface area (Å²) >= 11 is 0. The maximum atomic E-state index is 11.8. The van der Waals surface area contributed by atoms with Crippen LogP contribution >= 0.6 is 0 Å². The van der Waals surface area contributed by atoms with E-state index in [1.165, 1.54) is 6.07 Å². The Morgan fingerprint density at radius 2 is 1.63 bits per heavy atom. The van der Waals surface area contributed by atoms with Crippen molar-refractivity contribution in [3.05, 3.63) is 65.7 Å². The third-order valence-electron chi connectivity index (χ3n) is 4.49. The molecule has 0 unspecified atom stereocenters. The van der Waals surface area contributed by atoms with Crippen molar-refractivity contribution in [2.45, 2.75) is 49.6 Å². The Morgan fingerprint density at radius 3 is 2.15 bits per heavy atom. The van der Waals surface area contributed by atoms with Gasteiger partial charge in [-0.3, -0.25) is 9.35 Å². The quantitative estimate of drug-likeness (QED) is 0.612. The lowest BCUT2D eigenvalue weighted by molar-refractivity contribution is -0.151. The van der Waals surface area contributed by atoms with Crippen molar-refractivity contribution in [3.8, 4) is 0 Å². The summed E-state index contributed by atoms with van der Waals surface area (Å²) in [6, 6.07) is 15.9. The first-order valence-electron chi connectivity index (χ1n) is 8.75. The van der Waals surface area contributed by atoms with Crippen molar-refractivity contribution < 1.29 is 22.5 Å². The lowest BCUT2D eigenvalue weighted by Gasteiger charge is -2.20. The predicted octanol–water partition coefficient (Wildman–Crippen LogP) is 3.24. The summed E-state index contributed by atoms with van der Waals surface area (Å²) < 4.78 is 35.1. The highest BCUT2D eigenvalue weighted by Gasteiger charge is 2.38. The zero-order valence-corrected chi connectivity index (χ0v) is 16.1. The summed E-state index contributed by atoms with van der Waals surface area (Å²) in [5.41, 5.74) is 6.81. The minimum absolute atomic E-state index is 0.0278. The van der Waals surface area contributed by atoms with Crippen molar-refractivity contribution in [1.82, 2.24) is 0 Å². The van der Waals surface area contributed by atoms with Gasteiger partial charge in [0.15, 0.2) is 0 Å². The molecule has 146 valence electrons. The Kier molecular flexibility index (Phi) is 7.12. The highest BCUT2D eigenvalue weighted by atomic mass is 32.2. The fourth-order valence-electron chi connectivity index (χ4n) is 2.92. The fourth-order valence-corrected chi connectivity index (χ4v) is 3.65. The number of benzene rings is 2. The largest absolute Gasteiger partial charge is 0.459 e. The highest BCUT2D eigenvalue weighted by molar-refractivity contribution is 7.85. The molecule has 0 aliphatic heterocycles.